The molecule has 2 heterocycles. The Morgan fingerprint density at radius 2 is 2.42 bits per heavy atom. The van der Waals surface area contributed by atoms with Gasteiger partial charge in [-0.15, -0.1) is 5.10 Å². The van der Waals surface area contributed by atoms with Crippen LogP contribution in [-0.2, 0) is 11.3 Å². The van der Waals surface area contributed by atoms with E-state index in [1.165, 1.54) is 6.08 Å². The van der Waals surface area contributed by atoms with Crippen molar-refractivity contribution in [2.45, 2.75) is 13.5 Å². The summed E-state index contributed by atoms with van der Waals surface area (Å²) >= 11 is 3.23. The second-order valence-corrected chi connectivity index (χ2v) is 4.56. The van der Waals surface area contributed by atoms with Crippen molar-refractivity contribution in [1.29, 1.82) is 0 Å². The zero-order chi connectivity index (χ0) is 13.8. The quantitative estimate of drug-likeness (QED) is 0.623. The fourth-order valence-corrected chi connectivity index (χ4v) is 1.83. The molecule has 6 nitrogen and oxygen atoms in total. The molecular weight excluding hydrogens is 314 g/mol. The molecular formula is C12H12BrN3O3. The molecule has 0 N–H and O–H groups in total. The minimum absolute atomic E-state index is 0.149. The molecule has 7 heteroatoms. The first-order valence-corrected chi connectivity index (χ1v) is 6.33. The Hall–Kier alpha value is -1.89. The van der Waals surface area contributed by atoms with E-state index in [2.05, 4.69) is 32.8 Å². The van der Waals surface area contributed by atoms with Crippen molar-refractivity contribution in [3.8, 4) is 0 Å². The van der Waals surface area contributed by atoms with Gasteiger partial charge in [0.25, 0.3) is 0 Å². The molecule has 0 aromatic carbocycles. The molecule has 0 aliphatic rings. The SMILES string of the molecule is C=CCOC(=O)c1nnn(Cc2ccc(Br)o2)c1C. The van der Waals surface area contributed by atoms with Crippen LogP contribution in [0.2, 0.25) is 0 Å². The number of ether oxygens (including phenoxy) is 1. The lowest BCUT2D eigenvalue weighted by Crippen LogP contribution is -2.09. The maximum Gasteiger partial charge on any atom is 0.361 e. The van der Waals surface area contributed by atoms with Crippen molar-refractivity contribution in [1.82, 2.24) is 15.0 Å². The molecule has 100 valence electrons. The van der Waals surface area contributed by atoms with E-state index >= 15 is 0 Å². The molecule has 0 atom stereocenters. The van der Waals surface area contributed by atoms with Crippen molar-refractivity contribution < 1.29 is 13.9 Å². The second-order valence-electron chi connectivity index (χ2n) is 3.77. The van der Waals surface area contributed by atoms with E-state index < -0.39 is 5.97 Å². The van der Waals surface area contributed by atoms with Gasteiger partial charge < -0.3 is 9.15 Å². The molecule has 2 aromatic heterocycles. The van der Waals surface area contributed by atoms with Gasteiger partial charge in [0.05, 0.1) is 5.69 Å². The predicted molar refractivity (Wildman–Crippen MR) is 70.7 cm³/mol. The summed E-state index contributed by atoms with van der Waals surface area (Å²) in [4.78, 5) is 11.7. The number of esters is 1. The number of carbonyl (C=O) groups excluding carboxylic acids is 1. The summed E-state index contributed by atoms with van der Waals surface area (Å²) in [5, 5.41) is 7.74. The average molecular weight is 326 g/mol. The van der Waals surface area contributed by atoms with E-state index in [1.807, 2.05) is 6.07 Å². The number of rotatable bonds is 5. The average Bonchev–Trinajstić information content (AvgIpc) is 2.95. The number of aromatic nitrogens is 3. The molecule has 0 saturated carbocycles. The van der Waals surface area contributed by atoms with Gasteiger partial charge in [-0.25, -0.2) is 9.48 Å². The summed E-state index contributed by atoms with van der Waals surface area (Å²) in [5.74, 6) is 0.204. The third-order valence-corrected chi connectivity index (χ3v) is 2.87. The summed E-state index contributed by atoms with van der Waals surface area (Å²) in [6.45, 7) is 5.78. The van der Waals surface area contributed by atoms with Crippen LogP contribution in [0.25, 0.3) is 0 Å². The summed E-state index contributed by atoms with van der Waals surface area (Å²) in [5.41, 5.74) is 0.828. The fourth-order valence-electron chi connectivity index (χ4n) is 1.49. The number of hydrogen-bond donors (Lipinski definition) is 0. The van der Waals surface area contributed by atoms with Crippen LogP contribution in [0.3, 0.4) is 0 Å². The van der Waals surface area contributed by atoms with Crippen LogP contribution < -0.4 is 0 Å². The smallest absolute Gasteiger partial charge is 0.361 e. The predicted octanol–water partition coefficient (Wildman–Crippen LogP) is 2.33. The van der Waals surface area contributed by atoms with E-state index in [9.17, 15) is 4.79 Å². The maximum atomic E-state index is 11.7. The highest BCUT2D eigenvalue weighted by molar-refractivity contribution is 9.10. The van der Waals surface area contributed by atoms with Gasteiger partial charge in [-0.1, -0.05) is 17.9 Å². The zero-order valence-electron chi connectivity index (χ0n) is 10.3. The standard InChI is InChI=1S/C12H12BrN3O3/c1-3-6-18-12(17)11-8(2)16(15-14-11)7-9-4-5-10(13)19-9/h3-5H,1,6-7H2,2H3. The Morgan fingerprint density at radius 1 is 1.63 bits per heavy atom. The van der Waals surface area contributed by atoms with Crippen molar-refractivity contribution in [3.63, 3.8) is 0 Å². The van der Waals surface area contributed by atoms with Crippen molar-refractivity contribution in [3.05, 3.63) is 46.6 Å². The Balaban J connectivity index is 2.13. The van der Waals surface area contributed by atoms with Crippen molar-refractivity contribution in [2.75, 3.05) is 6.61 Å². The Kier molecular flexibility index (Phi) is 4.16. The molecule has 2 aromatic rings. The Morgan fingerprint density at radius 3 is 3.05 bits per heavy atom. The third-order valence-electron chi connectivity index (χ3n) is 2.44. The van der Waals surface area contributed by atoms with Gasteiger partial charge >= 0.3 is 5.97 Å². The lowest BCUT2D eigenvalue weighted by molar-refractivity contribution is 0.0542. The van der Waals surface area contributed by atoms with Crippen LogP contribution in [0.5, 0.6) is 0 Å². The van der Waals surface area contributed by atoms with Crippen molar-refractivity contribution in [2.24, 2.45) is 0 Å². The lowest BCUT2D eigenvalue weighted by Gasteiger charge is -2.01. The minimum atomic E-state index is -0.510. The highest BCUT2D eigenvalue weighted by Crippen LogP contribution is 2.16. The maximum absolute atomic E-state index is 11.7. The van der Waals surface area contributed by atoms with Gasteiger partial charge in [0.2, 0.25) is 0 Å². The third kappa shape index (κ3) is 3.11. The summed E-state index contributed by atoms with van der Waals surface area (Å²) in [6.07, 6.45) is 1.50. The largest absolute Gasteiger partial charge is 0.457 e. The van der Waals surface area contributed by atoms with Crippen LogP contribution in [0.1, 0.15) is 21.9 Å². The van der Waals surface area contributed by atoms with Gasteiger partial charge in [0, 0.05) is 0 Å². The van der Waals surface area contributed by atoms with Crippen LogP contribution in [0.15, 0.2) is 33.9 Å². The molecule has 0 fully saturated rings. The molecule has 0 radical (unpaired) electrons. The van der Waals surface area contributed by atoms with Gasteiger partial charge in [-0.05, 0) is 35.0 Å². The van der Waals surface area contributed by atoms with Gasteiger partial charge in [0.1, 0.15) is 18.9 Å². The number of hydrogen-bond acceptors (Lipinski definition) is 5. The molecule has 0 amide bonds. The van der Waals surface area contributed by atoms with Gasteiger partial charge in [-0.2, -0.15) is 0 Å². The highest BCUT2D eigenvalue weighted by atomic mass is 79.9. The fraction of sp³-hybridized carbons (Fsp3) is 0.250. The first-order chi connectivity index (χ1) is 9.11. The first-order valence-electron chi connectivity index (χ1n) is 5.54. The molecule has 0 aliphatic carbocycles. The lowest BCUT2D eigenvalue weighted by atomic mass is 10.3. The molecule has 19 heavy (non-hydrogen) atoms. The molecule has 0 saturated heterocycles. The summed E-state index contributed by atoms with van der Waals surface area (Å²) < 4.78 is 12.5. The number of nitrogens with zero attached hydrogens (tertiary/aromatic N) is 3. The van der Waals surface area contributed by atoms with Crippen LogP contribution in [0.4, 0.5) is 0 Å². The van der Waals surface area contributed by atoms with E-state index in [1.54, 1.807) is 17.7 Å². The van der Waals surface area contributed by atoms with Crippen LogP contribution in [0, 0.1) is 6.92 Å². The molecule has 0 bridgehead atoms. The first kappa shape index (κ1) is 13.5. The number of furan rings is 1. The van der Waals surface area contributed by atoms with E-state index in [0.717, 1.165) is 0 Å². The molecule has 0 unspecified atom stereocenters. The van der Waals surface area contributed by atoms with Gasteiger partial charge in [0.15, 0.2) is 10.4 Å². The zero-order valence-corrected chi connectivity index (χ0v) is 11.9. The summed E-state index contributed by atoms with van der Waals surface area (Å²) in [7, 11) is 0. The van der Waals surface area contributed by atoms with Crippen molar-refractivity contribution >= 4 is 21.9 Å². The summed E-state index contributed by atoms with van der Waals surface area (Å²) in [6, 6.07) is 3.61. The van der Waals surface area contributed by atoms with Gasteiger partial charge in [-0.3, -0.25) is 0 Å². The molecule has 2 rings (SSSR count). The van der Waals surface area contributed by atoms with E-state index in [0.29, 0.717) is 22.7 Å². The van der Waals surface area contributed by atoms with Crippen LogP contribution in [-0.4, -0.2) is 27.6 Å². The number of carbonyl (C=O) groups is 1. The molecule has 0 spiro atoms. The normalized spacial score (nSPS) is 10.4. The van der Waals surface area contributed by atoms with Crippen LogP contribution >= 0.6 is 15.9 Å². The number of halogens is 1. The second kappa shape index (κ2) is 5.83. The highest BCUT2D eigenvalue weighted by Gasteiger charge is 2.18. The Bertz CT molecular complexity index is 603. The Labute approximate surface area is 118 Å². The topological polar surface area (TPSA) is 70.2 Å². The van der Waals surface area contributed by atoms with E-state index in [-0.39, 0.29) is 12.3 Å². The monoisotopic (exact) mass is 325 g/mol. The molecule has 0 aliphatic heterocycles. The minimum Gasteiger partial charge on any atom is -0.457 e. The van der Waals surface area contributed by atoms with E-state index in [4.69, 9.17) is 9.15 Å².